The molecule has 1 N–H and O–H groups in total. The van der Waals surface area contributed by atoms with E-state index in [1.54, 1.807) is 0 Å². The topological polar surface area (TPSA) is 45.5 Å². The van der Waals surface area contributed by atoms with E-state index in [1.807, 2.05) is 35.2 Å². The van der Waals surface area contributed by atoms with Gasteiger partial charge in [0.2, 0.25) is 0 Å². The van der Waals surface area contributed by atoms with Gasteiger partial charge < -0.3 is 14.6 Å². The highest BCUT2D eigenvalue weighted by molar-refractivity contribution is 6.09. The molecule has 1 amide bonds. The Hall–Kier alpha value is -3.37. The smallest absolute Gasteiger partial charge is 0.258 e. The van der Waals surface area contributed by atoms with E-state index in [2.05, 4.69) is 54.7 Å². The van der Waals surface area contributed by atoms with Gasteiger partial charge in [-0.1, -0.05) is 48.5 Å². The fourth-order valence-corrected chi connectivity index (χ4v) is 5.45. The van der Waals surface area contributed by atoms with Gasteiger partial charge in [-0.2, -0.15) is 0 Å². The van der Waals surface area contributed by atoms with Crippen LogP contribution < -0.4 is 10.2 Å². The predicted molar refractivity (Wildman–Crippen MR) is 132 cm³/mol. The van der Waals surface area contributed by atoms with Crippen LogP contribution in [0.4, 0.5) is 5.69 Å². The molecular weight excluding hydrogens is 408 g/mol. The molecule has 1 aromatic heterocycles. The highest BCUT2D eigenvalue weighted by Crippen LogP contribution is 2.40. The third-order valence-electron chi connectivity index (χ3n) is 7.20. The minimum absolute atomic E-state index is 0.0878. The second kappa shape index (κ2) is 8.20. The molecule has 33 heavy (non-hydrogen) atoms. The summed E-state index contributed by atoms with van der Waals surface area (Å²) in [7, 11) is 0. The van der Waals surface area contributed by atoms with Crippen molar-refractivity contribution in [3.63, 3.8) is 0 Å². The van der Waals surface area contributed by atoms with Gasteiger partial charge in [-0.3, -0.25) is 4.79 Å². The normalized spacial score (nSPS) is 18.8. The number of hydrogen-bond acceptors (Lipinski definition) is 3. The van der Waals surface area contributed by atoms with Crippen molar-refractivity contribution in [3.05, 3.63) is 101 Å². The number of nitrogens with zero attached hydrogens (tertiary/aromatic N) is 1. The van der Waals surface area contributed by atoms with Gasteiger partial charge in [0.05, 0.1) is 6.04 Å². The van der Waals surface area contributed by atoms with E-state index in [0.717, 1.165) is 59.2 Å². The molecule has 4 aromatic rings. The Morgan fingerprint density at radius 1 is 1.00 bits per heavy atom. The average molecular weight is 437 g/mol. The Kier molecular flexibility index (Phi) is 5.03. The zero-order valence-corrected chi connectivity index (χ0v) is 18.9. The molecule has 4 heteroatoms. The van der Waals surface area contributed by atoms with Crippen LogP contribution in [0.3, 0.4) is 0 Å². The van der Waals surface area contributed by atoms with E-state index >= 15 is 0 Å². The number of carbonyl (C=O) groups excluding carboxylic acids is 1. The van der Waals surface area contributed by atoms with Crippen LogP contribution in [0.5, 0.6) is 0 Å². The summed E-state index contributed by atoms with van der Waals surface area (Å²) < 4.78 is 6.40. The summed E-state index contributed by atoms with van der Waals surface area (Å²) in [5.74, 6) is 1.15. The first-order valence-electron chi connectivity index (χ1n) is 11.9. The zero-order valence-electron chi connectivity index (χ0n) is 18.9. The average Bonchev–Trinajstić information content (AvgIpc) is 3.24. The first kappa shape index (κ1) is 20.3. The minimum atomic E-state index is 0.0878. The van der Waals surface area contributed by atoms with Crippen LogP contribution in [0.15, 0.2) is 77.2 Å². The van der Waals surface area contributed by atoms with Crippen molar-refractivity contribution in [1.82, 2.24) is 5.32 Å². The molecule has 166 valence electrons. The molecule has 0 bridgehead atoms. The van der Waals surface area contributed by atoms with Crippen molar-refractivity contribution < 1.29 is 9.21 Å². The van der Waals surface area contributed by atoms with Gasteiger partial charge in [0, 0.05) is 34.8 Å². The standard InChI is InChI=1S/C29H28N2O2/c1-19(20-8-3-2-4-9-20)30-26-13-7-12-24-25-18-22(14-15-27(25)33-28(24)26)31-17-16-21-10-5-6-11-23(21)29(31)32/h2-6,8-11,14-15,18-19,26,30H,7,12-13,16-17H2,1H3. The molecule has 1 aliphatic heterocycles. The Balaban J connectivity index is 1.32. The fourth-order valence-electron chi connectivity index (χ4n) is 5.45. The number of amides is 1. The lowest BCUT2D eigenvalue weighted by Crippen LogP contribution is -2.37. The quantitative estimate of drug-likeness (QED) is 0.405. The van der Waals surface area contributed by atoms with Crippen LogP contribution in [0, 0.1) is 0 Å². The number of benzene rings is 3. The summed E-state index contributed by atoms with van der Waals surface area (Å²) >= 11 is 0. The molecule has 2 unspecified atom stereocenters. The van der Waals surface area contributed by atoms with Crippen LogP contribution in [0.2, 0.25) is 0 Å². The monoisotopic (exact) mass is 436 g/mol. The molecule has 0 fully saturated rings. The van der Waals surface area contributed by atoms with Crippen LogP contribution in [-0.4, -0.2) is 12.5 Å². The van der Waals surface area contributed by atoms with E-state index in [4.69, 9.17) is 4.42 Å². The molecule has 3 aromatic carbocycles. The second-order valence-corrected chi connectivity index (χ2v) is 9.23. The number of aryl methyl sites for hydroxylation is 1. The Bertz CT molecular complexity index is 1320. The second-order valence-electron chi connectivity index (χ2n) is 9.23. The van der Waals surface area contributed by atoms with Gasteiger partial charge in [-0.15, -0.1) is 0 Å². The Labute approximate surface area is 194 Å². The Morgan fingerprint density at radius 3 is 2.70 bits per heavy atom. The van der Waals surface area contributed by atoms with Crippen LogP contribution >= 0.6 is 0 Å². The summed E-state index contributed by atoms with van der Waals surface area (Å²) in [6.07, 6.45) is 4.09. The molecule has 2 atom stereocenters. The van der Waals surface area contributed by atoms with Crippen LogP contribution in [-0.2, 0) is 12.8 Å². The lowest BCUT2D eigenvalue weighted by molar-refractivity contribution is 0.0980. The van der Waals surface area contributed by atoms with E-state index in [1.165, 1.54) is 11.1 Å². The van der Waals surface area contributed by atoms with Crippen molar-refractivity contribution in [3.8, 4) is 0 Å². The number of anilines is 1. The number of carbonyl (C=O) groups is 1. The van der Waals surface area contributed by atoms with Crippen LogP contribution in [0.25, 0.3) is 11.0 Å². The van der Waals surface area contributed by atoms with Gasteiger partial charge in [-0.25, -0.2) is 0 Å². The van der Waals surface area contributed by atoms with Crippen molar-refractivity contribution in [2.24, 2.45) is 0 Å². The van der Waals surface area contributed by atoms with Gasteiger partial charge >= 0.3 is 0 Å². The number of hydrogen-bond donors (Lipinski definition) is 1. The number of fused-ring (bicyclic) bond motifs is 4. The zero-order chi connectivity index (χ0) is 22.4. The van der Waals surface area contributed by atoms with Gasteiger partial charge in [0.25, 0.3) is 5.91 Å². The van der Waals surface area contributed by atoms with Gasteiger partial charge in [-0.05, 0) is 68.0 Å². The molecular formula is C29H28N2O2. The lowest BCUT2D eigenvalue weighted by Gasteiger charge is -2.28. The molecule has 0 spiro atoms. The number of rotatable bonds is 4. The highest BCUT2D eigenvalue weighted by atomic mass is 16.3. The third kappa shape index (κ3) is 3.55. The first-order valence-corrected chi connectivity index (χ1v) is 11.9. The molecule has 0 saturated heterocycles. The summed E-state index contributed by atoms with van der Waals surface area (Å²) in [6.45, 7) is 2.92. The van der Waals surface area contributed by atoms with Gasteiger partial charge in [0.1, 0.15) is 11.3 Å². The highest BCUT2D eigenvalue weighted by Gasteiger charge is 2.29. The summed E-state index contributed by atoms with van der Waals surface area (Å²) in [6, 6.07) is 25.2. The van der Waals surface area contributed by atoms with Crippen molar-refractivity contribution in [2.75, 3.05) is 11.4 Å². The molecule has 0 radical (unpaired) electrons. The minimum Gasteiger partial charge on any atom is -0.459 e. The molecule has 1 aliphatic carbocycles. The number of furan rings is 1. The maximum absolute atomic E-state index is 13.2. The summed E-state index contributed by atoms with van der Waals surface area (Å²) in [5, 5.41) is 4.94. The number of nitrogens with one attached hydrogen (secondary N) is 1. The maximum Gasteiger partial charge on any atom is 0.258 e. The predicted octanol–water partition coefficient (Wildman–Crippen LogP) is 6.36. The molecule has 4 nitrogen and oxygen atoms in total. The van der Waals surface area contributed by atoms with E-state index in [0.29, 0.717) is 6.54 Å². The van der Waals surface area contributed by atoms with E-state index in [9.17, 15) is 4.79 Å². The molecule has 6 rings (SSSR count). The maximum atomic E-state index is 13.2. The van der Waals surface area contributed by atoms with Crippen molar-refractivity contribution in [2.45, 2.75) is 44.7 Å². The SMILES string of the molecule is CC(NC1CCCc2c1oc1ccc(N3CCc4ccccc4C3=O)cc21)c1ccccc1. The molecule has 0 saturated carbocycles. The van der Waals surface area contributed by atoms with Crippen LogP contribution in [0.1, 0.15) is 64.7 Å². The fraction of sp³-hybridized carbons (Fsp3) is 0.276. The molecule has 2 heterocycles. The van der Waals surface area contributed by atoms with Gasteiger partial charge in [0.15, 0.2) is 0 Å². The van der Waals surface area contributed by atoms with Crippen molar-refractivity contribution in [1.29, 1.82) is 0 Å². The summed E-state index contributed by atoms with van der Waals surface area (Å²) in [5.41, 5.74) is 6.40. The first-order chi connectivity index (χ1) is 16.2. The summed E-state index contributed by atoms with van der Waals surface area (Å²) in [4.78, 5) is 15.1. The largest absolute Gasteiger partial charge is 0.459 e. The molecule has 2 aliphatic rings. The lowest BCUT2D eigenvalue weighted by atomic mass is 9.91. The van der Waals surface area contributed by atoms with E-state index < -0.39 is 0 Å². The van der Waals surface area contributed by atoms with E-state index in [-0.39, 0.29) is 18.0 Å². The third-order valence-corrected chi connectivity index (χ3v) is 7.20. The Morgan fingerprint density at radius 2 is 1.82 bits per heavy atom. The van der Waals surface area contributed by atoms with Crippen molar-refractivity contribution >= 4 is 22.6 Å².